The lowest BCUT2D eigenvalue weighted by atomic mass is 10.2. The number of ketones is 1. The van der Waals surface area contributed by atoms with Crippen LogP contribution in [0, 0.1) is 0 Å². The van der Waals surface area contributed by atoms with Gasteiger partial charge in [-0.2, -0.15) is 0 Å². The van der Waals surface area contributed by atoms with Crippen molar-refractivity contribution < 1.29 is 4.79 Å². The fraction of sp³-hybridized carbons (Fsp3) is 0.375. The Morgan fingerprint density at radius 1 is 1.64 bits per heavy atom. The first kappa shape index (κ1) is 7.85. The summed E-state index contributed by atoms with van der Waals surface area (Å²) in [5, 5.41) is 0. The van der Waals surface area contributed by atoms with Crippen LogP contribution in [0.1, 0.15) is 30.3 Å². The summed E-state index contributed by atoms with van der Waals surface area (Å²) in [6.07, 6.45) is 4.40. The quantitative estimate of drug-likeness (QED) is 0.612. The predicted octanol–water partition coefficient (Wildman–Crippen LogP) is 1.46. The fourth-order valence-electron chi connectivity index (χ4n) is 0.811. The third-order valence-electron chi connectivity index (χ3n) is 1.34. The third-order valence-corrected chi connectivity index (χ3v) is 1.34. The van der Waals surface area contributed by atoms with Crippen molar-refractivity contribution in [2.45, 2.75) is 19.8 Å². The van der Waals surface area contributed by atoms with Gasteiger partial charge in [-0.1, -0.05) is 6.92 Å². The molecule has 11 heavy (non-hydrogen) atoms. The molecule has 1 aromatic rings. The van der Waals surface area contributed by atoms with Crippen molar-refractivity contribution in [1.29, 1.82) is 0 Å². The average molecular weight is 150 g/mol. The van der Waals surface area contributed by atoms with Crippen LogP contribution in [0.5, 0.6) is 0 Å². The summed E-state index contributed by atoms with van der Waals surface area (Å²) in [4.78, 5) is 18.7. The molecule has 0 saturated heterocycles. The summed E-state index contributed by atoms with van der Waals surface area (Å²) in [6, 6.07) is 1.64. The van der Waals surface area contributed by atoms with Crippen LogP contribution in [0.4, 0.5) is 0 Å². The van der Waals surface area contributed by atoms with Crippen LogP contribution in [0.15, 0.2) is 18.6 Å². The molecule has 0 aliphatic rings. The van der Waals surface area contributed by atoms with Gasteiger partial charge in [0.2, 0.25) is 0 Å². The van der Waals surface area contributed by atoms with Gasteiger partial charge in [0.15, 0.2) is 5.78 Å². The lowest BCUT2D eigenvalue weighted by molar-refractivity contribution is 0.0977. The van der Waals surface area contributed by atoms with Gasteiger partial charge >= 0.3 is 0 Å². The maximum Gasteiger partial charge on any atom is 0.181 e. The lowest BCUT2D eigenvalue weighted by Gasteiger charge is -1.94. The Morgan fingerprint density at radius 2 is 2.45 bits per heavy atom. The van der Waals surface area contributed by atoms with Crippen molar-refractivity contribution in [3.05, 3.63) is 24.3 Å². The largest absolute Gasteiger partial charge is 0.292 e. The summed E-state index contributed by atoms with van der Waals surface area (Å²) in [7, 11) is 0. The second-order valence-corrected chi connectivity index (χ2v) is 2.27. The van der Waals surface area contributed by atoms with Crippen molar-refractivity contribution in [3.8, 4) is 0 Å². The topological polar surface area (TPSA) is 42.9 Å². The molecule has 0 atom stereocenters. The molecule has 1 heterocycles. The van der Waals surface area contributed by atoms with E-state index in [2.05, 4.69) is 9.97 Å². The van der Waals surface area contributed by atoms with Gasteiger partial charge in [-0.15, -0.1) is 0 Å². The Balaban J connectivity index is 2.69. The number of nitrogens with zero attached hydrogens (tertiary/aromatic N) is 2. The zero-order valence-corrected chi connectivity index (χ0v) is 6.45. The number of carbonyl (C=O) groups excluding carboxylic acids is 1. The highest BCUT2D eigenvalue weighted by Gasteiger charge is 2.03. The molecule has 1 rings (SSSR count). The Bertz CT molecular complexity index is 233. The number of rotatable bonds is 3. The van der Waals surface area contributed by atoms with Crippen molar-refractivity contribution in [3.63, 3.8) is 0 Å². The van der Waals surface area contributed by atoms with E-state index in [4.69, 9.17) is 0 Å². The zero-order valence-electron chi connectivity index (χ0n) is 6.45. The van der Waals surface area contributed by atoms with Gasteiger partial charge < -0.3 is 0 Å². The van der Waals surface area contributed by atoms with E-state index in [0.717, 1.165) is 6.42 Å². The molecule has 0 aromatic carbocycles. The van der Waals surface area contributed by atoms with Crippen LogP contribution in [0.3, 0.4) is 0 Å². The molecular weight excluding hydrogens is 140 g/mol. The van der Waals surface area contributed by atoms with Crippen LogP contribution in [-0.4, -0.2) is 15.8 Å². The molecule has 0 fully saturated rings. The number of Topliss-reactive ketones (excluding diaryl/α,β-unsaturated/α-hetero) is 1. The standard InChI is InChI=1S/C8H10N2O/c1-2-3-8(11)7-4-5-9-6-10-7/h4-6H,2-3H2,1H3. The Labute approximate surface area is 65.5 Å². The first-order chi connectivity index (χ1) is 5.34. The SMILES string of the molecule is CCCC(=O)c1ccncn1. The molecule has 0 saturated carbocycles. The van der Waals surface area contributed by atoms with Crippen molar-refractivity contribution in [2.75, 3.05) is 0 Å². The van der Waals surface area contributed by atoms with E-state index >= 15 is 0 Å². The highest BCUT2D eigenvalue weighted by molar-refractivity contribution is 5.93. The first-order valence-electron chi connectivity index (χ1n) is 3.63. The van der Waals surface area contributed by atoms with E-state index in [-0.39, 0.29) is 5.78 Å². The minimum atomic E-state index is 0.0925. The van der Waals surface area contributed by atoms with Gasteiger partial charge in [-0.25, -0.2) is 9.97 Å². The fourth-order valence-corrected chi connectivity index (χ4v) is 0.811. The van der Waals surface area contributed by atoms with Crippen LogP contribution < -0.4 is 0 Å². The minimum Gasteiger partial charge on any atom is -0.292 e. The van der Waals surface area contributed by atoms with Crippen molar-refractivity contribution >= 4 is 5.78 Å². The third kappa shape index (κ3) is 2.11. The maximum atomic E-state index is 11.2. The molecule has 0 aliphatic carbocycles. The van der Waals surface area contributed by atoms with Crippen molar-refractivity contribution in [1.82, 2.24) is 9.97 Å². The van der Waals surface area contributed by atoms with Gasteiger partial charge in [0.1, 0.15) is 12.0 Å². The monoisotopic (exact) mass is 150 g/mol. The molecule has 0 spiro atoms. The highest BCUT2D eigenvalue weighted by atomic mass is 16.1. The van der Waals surface area contributed by atoms with E-state index in [1.165, 1.54) is 6.33 Å². The summed E-state index contributed by atoms with van der Waals surface area (Å²) in [6.45, 7) is 1.97. The minimum absolute atomic E-state index is 0.0925. The lowest BCUT2D eigenvalue weighted by Crippen LogP contribution is -2.00. The van der Waals surface area contributed by atoms with E-state index in [0.29, 0.717) is 12.1 Å². The number of aromatic nitrogens is 2. The van der Waals surface area contributed by atoms with E-state index in [1.807, 2.05) is 6.92 Å². The normalized spacial score (nSPS) is 9.55. The van der Waals surface area contributed by atoms with E-state index in [1.54, 1.807) is 12.3 Å². The molecule has 0 N–H and O–H groups in total. The molecular formula is C8H10N2O. The van der Waals surface area contributed by atoms with Crippen LogP contribution in [0.25, 0.3) is 0 Å². The molecule has 3 heteroatoms. The van der Waals surface area contributed by atoms with Gasteiger partial charge in [0, 0.05) is 12.6 Å². The summed E-state index contributed by atoms with van der Waals surface area (Å²) < 4.78 is 0. The number of carbonyl (C=O) groups is 1. The molecule has 0 radical (unpaired) electrons. The summed E-state index contributed by atoms with van der Waals surface area (Å²) >= 11 is 0. The molecule has 1 aromatic heterocycles. The number of hydrogen-bond donors (Lipinski definition) is 0. The molecule has 0 bridgehead atoms. The van der Waals surface area contributed by atoms with Gasteiger partial charge in [0.05, 0.1) is 0 Å². The maximum absolute atomic E-state index is 11.2. The smallest absolute Gasteiger partial charge is 0.181 e. The summed E-state index contributed by atoms with van der Waals surface area (Å²) in [5.74, 6) is 0.0925. The molecule has 3 nitrogen and oxygen atoms in total. The van der Waals surface area contributed by atoms with Gasteiger partial charge in [-0.05, 0) is 12.5 Å². The van der Waals surface area contributed by atoms with Gasteiger partial charge in [0.25, 0.3) is 0 Å². The molecule has 0 unspecified atom stereocenters. The summed E-state index contributed by atoms with van der Waals surface area (Å²) in [5.41, 5.74) is 0.516. The second kappa shape index (κ2) is 3.81. The van der Waals surface area contributed by atoms with E-state index < -0.39 is 0 Å². The van der Waals surface area contributed by atoms with Crippen LogP contribution in [0.2, 0.25) is 0 Å². The molecule has 0 amide bonds. The number of hydrogen-bond acceptors (Lipinski definition) is 3. The van der Waals surface area contributed by atoms with Gasteiger partial charge in [-0.3, -0.25) is 4.79 Å². The highest BCUT2D eigenvalue weighted by Crippen LogP contribution is 1.99. The molecule has 58 valence electrons. The second-order valence-electron chi connectivity index (χ2n) is 2.27. The Hall–Kier alpha value is -1.25. The van der Waals surface area contributed by atoms with Crippen LogP contribution in [-0.2, 0) is 0 Å². The Kier molecular flexibility index (Phi) is 2.72. The average Bonchev–Trinajstić information content (AvgIpc) is 2.07. The van der Waals surface area contributed by atoms with Crippen molar-refractivity contribution in [2.24, 2.45) is 0 Å². The van der Waals surface area contributed by atoms with E-state index in [9.17, 15) is 4.79 Å². The zero-order chi connectivity index (χ0) is 8.10. The van der Waals surface area contributed by atoms with Crippen LogP contribution >= 0.6 is 0 Å². The first-order valence-corrected chi connectivity index (χ1v) is 3.63. The Morgan fingerprint density at radius 3 is 3.00 bits per heavy atom. The molecule has 0 aliphatic heterocycles. The predicted molar refractivity (Wildman–Crippen MR) is 41.3 cm³/mol.